The third kappa shape index (κ3) is 7.92. The maximum atomic E-state index is 13.7. The smallest absolute Gasteiger partial charge is 0.305 e. The van der Waals surface area contributed by atoms with Gasteiger partial charge in [-0.2, -0.15) is 0 Å². The first-order valence-corrected chi connectivity index (χ1v) is 14.1. The van der Waals surface area contributed by atoms with Gasteiger partial charge in [0, 0.05) is 40.7 Å². The first-order chi connectivity index (χ1) is 18.5. The molecule has 5 amide bonds. The van der Waals surface area contributed by atoms with Crippen LogP contribution in [-0.4, -0.2) is 119 Å². The van der Waals surface area contributed by atoms with E-state index in [-0.39, 0.29) is 24.3 Å². The topological polar surface area (TPSA) is 148 Å². The largest absolute Gasteiger partial charge is 0.481 e. The van der Waals surface area contributed by atoms with Gasteiger partial charge in [-0.1, -0.05) is 32.1 Å². The van der Waals surface area contributed by atoms with Crippen molar-refractivity contribution in [2.45, 2.75) is 89.3 Å². The monoisotopic (exact) mass is 549 g/mol. The summed E-state index contributed by atoms with van der Waals surface area (Å²) in [5.74, 6) is -2.89. The molecule has 0 aromatic heterocycles. The van der Waals surface area contributed by atoms with Crippen LogP contribution in [-0.2, 0) is 28.8 Å². The van der Waals surface area contributed by atoms with Gasteiger partial charge in [-0.25, -0.2) is 0 Å². The van der Waals surface area contributed by atoms with Crippen molar-refractivity contribution in [2.75, 3.05) is 40.3 Å². The Morgan fingerprint density at radius 2 is 1.56 bits per heavy atom. The van der Waals surface area contributed by atoms with Crippen LogP contribution in [0, 0.1) is 5.92 Å². The number of aliphatic carboxylic acids is 1. The molecule has 1 aliphatic carbocycles. The van der Waals surface area contributed by atoms with E-state index in [0.717, 1.165) is 44.9 Å². The van der Waals surface area contributed by atoms with E-state index in [1.54, 1.807) is 11.9 Å². The van der Waals surface area contributed by atoms with Crippen molar-refractivity contribution in [3.8, 4) is 0 Å². The average Bonchev–Trinajstić information content (AvgIpc) is 3.40. The molecular weight excluding hydrogens is 506 g/mol. The number of carboxylic acids is 1. The van der Waals surface area contributed by atoms with Crippen LogP contribution in [0.4, 0.5) is 0 Å². The number of nitrogens with zero attached hydrogens (tertiary/aromatic N) is 4. The quantitative estimate of drug-likeness (QED) is 0.380. The van der Waals surface area contributed by atoms with Crippen LogP contribution < -0.4 is 5.32 Å². The Morgan fingerprint density at radius 1 is 0.923 bits per heavy atom. The number of carboxylic acid groups (broad SMARTS) is 1. The van der Waals surface area contributed by atoms with Gasteiger partial charge in [0.05, 0.1) is 13.0 Å². The fraction of sp³-hybridized carbons (Fsp3) is 0.778. The molecule has 0 bridgehead atoms. The number of rotatable bonds is 11. The van der Waals surface area contributed by atoms with E-state index in [1.807, 2.05) is 0 Å². The van der Waals surface area contributed by atoms with E-state index in [4.69, 9.17) is 0 Å². The summed E-state index contributed by atoms with van der Waals surface area (Å²) in [4.78, 5) is 81.6. The maximum absolute atomic E-state index is 13.7. The third-order valence-corrected chi connectivity index (χ3v) is 8.28. The SMILES string of the molecule is CC(=O)N1CCC1C(=O)N(C)[C@@H](CC1CCCCC1)C(=O)N(C)CC(=O)N[C@@H](CC(=O)O)C(=O)N1CCCC1. The van der Waals surface area contributed by atoms with Crippen molar-refractivity contribution in [3.05, 3.63) is 0 Å². The first kappa shape index (κ1) is 30.4. The Balaban J connectivity index is 1.68. The van der Waals surface area contributed by atoms with Crippen molar-refractivity contribution in [2.24, 2.45) is 5.92 Å². The van der Waals surface area contributed by atoms with Crippen LogP contribution in [0.5, 0.6) is 0 Å². The zero-order valence-electron chi connectivity index (χ0n) is 23.4. The molecule has 2 heterocycles. The van der Waals surface area contributed by atoms with Crippen LogP contribution in [0.1, 0.15) is 71.1 Å². The highest BCUT2D eigenvalue weighted by molar-refractivity contribution is 5.95. The average molecular weight is 550 g/mol. The predicted molar refractivity (Wildman–Crippen MR) is 141 cm³/mol. The zero-order chi connectivity index (χ0) is 28.7. The van der Waals surface area contributed by atoms with E-state index in [0.29, 0.717) is 32.5 Å². The van der Waals surface area contributed by atoms with E-state index in [1.165, 1.54) is 28.7 Å². The predicted octanol–water partition coefficient (Wildman–Crippen LogP) is 0.445. The minimum absolute atomic E-state index is 0.184. The molecule has 2 N–H and O–H groups in total. The second kappa shape index (κ2) is 13.7. The molecule has 0 aromatic rings. The number of hydrogen-bond acceptors (Lipinski definition) is 6. The Morgan fingerprint density at radius 3 is 2.10 bits per heavy atom. The molecule has 218 valence electrons. The minimum Gasteiger partial charge on any atom is -0.481 e. The second-order valence-electron chi connectivity index (χ2n) is 11.2. The molecule has 3 atom stereocenters. The van der Waals surface area contributed by atoms with Gasteiger partial charge in [-0.15, -0.1) is 0 Å². The summed E-state index contributed by atoms with van der Waals surface area (Å²) >= 11 is 0. The number of carbonyl (C=O) groups excluding carboxylic acids is 5. The number of hydrogen-bond donors (Lipinski definition) is 2. The van der Waals surface area contributed by atoms with Gasteiger partial charge >= 0.3 is 5.97 Å². The summed E-state index contributed by atoms with van der Waals surface area (Å²) in [6, 6.07) is -2.60. The Bertz CT molecular complexity index is 945. The summed E-state index contributed by atoms with van der Waals surface area (Å²) in [6.07, 6.45) is 7.34. The number of likely N-dealkylation sites (N-methyl/N-ethyl adjacent to an activating group) is 2. The number of amides is 5. The molecule has 2 saturated heterocycles. The second-order valence-corrected chi connectivity index (χ2v) is 11.2. The zero-order valence-corrected chi connectivity index (χ0v) is 23.4. The molecule has 0 aromatic carbocycles. The van der Waals surface area contributed by atoms with Crippen molar-refractivity contribution in [1.29, 1.82) is 0 Å². The molecular formula is C27H43N5O7. The van der Waals surface area contributed by atoms with Gasteiger partial charge in [0.2, 0.25) is 29.5 Å². The van der Waals surface area contributed by atoms with Crippen LogP contribution in [0.25, 0.3) is 0 Å². The lowest BCUT2D eigenvalue weighted by Gasteiger charge is -2.43. The molecule has 2 aliphatic heterocycles. The van der Waals surface area contributed by atoms with Crippen LogP contribution in [0.3, 0.4) is 0 Å². The number of likely N-dealkylation sites (tertiary alicyclic amines) is 2. The van der Waals surface area contributed by atoms with Gasteiger partial charge in [0.15, 0.2) is 0 Å². The first-order valence-electron chi connectivity index (χ1n) is 14.1. The fourth-order valence-electron chi connectivity index (χ4n) is 5.89. The fourth-order valence-corrected chi connectivity index (χ4v) is 5.89. The highest BCUT2D eigenvalue weighted by Gasteiger charge is 2.41. The number of nitrogens with one attached hydrogen (secondary N) is 1. The highest BCUT2D eigenvalue weighted by atomic mass is 16.4. The van der Waals surface area contributed by atoms with Gasteiger partial charge < -0.3 is 30.0 Å². The minimum atomic E-state index is -1.21. The molecule has 1 saturated carbocycles. The van der Waals surface area contributed by atoms with E-state index in [9.17, 15) is 33.9 Å². The van der Waals surface area contributed by atoms with Crippen molar-refractivity contribution >= 4 is 35.5 Å². The van der Waals surface area contributed by atoms with E-state index in [2.05, 4.69) is 5.32 Å². The Labute approximate surface area is 230 Å². The van der Waals surface area contributed by atoms with Crippen molar-refractivity contribution in [3.63, 3.8) is 0 Å². The Kier molecular flexibility index (Phi) is 10.7. The van der Waals surface area contributed by atoms with Crippen LogP contribution >= 0.6 is 0 Å². The summed E-state index contributed by atoms with van der Waals surface area (Å²) < 4.78 is 0. The molecule has 12 nitrogen and oxygen atoms in total. The molecule has 0 radical (unpaired) electrons. The molecule has 39 heavy (non-hydrogen) atoms. The van der Waals surface area contributed by atoms with Gasteiger partial charge in [0.1, 0.15) is 18.1 Å². The summed E-state index contributed by atoms with van der Waals surface area (Å²) in [5.41, 5.74) is 0. The number of carbonyl (C=O) groups is 6. The van der Waals surface area contributed by atoms with Crippen molar-refractivity contribution in [1.82, 2.24) is 24.9 Å². The lowest BCUT2D eigenvalue weighted by molar-refractivity contribution is -0.156. The van der Waals surface area contributed by atoms with Gasteiger partial charge in [-0.05, 0) is 31.6 Å². The van der Waals surface area contributed by atoms with Gasteiger partial charge in [-0.3, -0.25) is 28.8 Å². The molecule has 12 heteroatoms. The summed E-state index contributed by atoms with van der Waals surface area (Å²) in [6.45, 7) is 2.59. The normalized spacial score (nSPS) is 20.9. The Hall–Kier alpha value is -3.18. The summed E-state index contributed by atoms with van der Waals surface area (Å²) in [7, 11) is 3.05. The van der Waals surface area contributed by atoms with E-state index < -0.39 is 48.2 Å². The standard InChI is InChI=1S/C27H43N5O7/c1-18(33)32-14-11-21(32)27(39)30(3)22(15-19-9-5-4-6-10-19)26(38)29(2)17-23(34)28-20(16-24(35)36)25(37)31-12-7-8-13-31/h19-22H,4-17H2,1-3H3,(H,28,34)(H,35,36)/t20-,21?,22-/m0/s1. The van der Waals surface area contributed by atoms with Crippen LogP contribution in [0.2, 0.25) is 0 Å². The van der Waals surface area contributed by atoms with Gasteiger partial charge in [0.25, 0.3) is 0 Å². The molecule has 0 spiro atoms. The molecule has 3 rings (SSSR count). The molecule has 1 unspecified atom stereocenters. The van der Waals surface area contributed by atoms with E-state index >= 15 is 0 Å². The van der Waals surface area contributed by atoms with Crippen molar-refractivity contribution < 1.29 is 33.9 Å². The maximum Gasteiger partial charge on any atom is 0.305 e. The molecule has 3 fully saturated rings. The van der Waals surface area contributed by atoms with Crippen LogP contribution in [0.15, 0.2) is 0 Å². The lowest BCUT2D eigenvalue weighted by Crippen LogP contribution is -2.61. The highest BCUT2D eigenvalue weighted by Crippen LogP contribution is 2.30. The lowest BCUT2D eigenvalue weighted by atomic mass is 9.84. The third-order valence-electron chi connectivity index (χ3n) is 8.28. The summed E-state index contributed by atoms with van der Waals surface area (Å²) in [5, 5.41) is 11.8. The molecule has 3 aliphatic rings.